The highest BCUT2D eigenvalue weighted by Crippen LogP contribution is 2.23. The number of benzene rings is 1. The molecular weight excluding hydrogens is 198 g/mol. The molecule has 0 saturated heterocycles. The lowest BCUT2D eigenvalue weighted by Crippen LogP contribution is -1.91. The van der Waals surface area contributed by atoms with Gasteiger partial charge in [-0.05, 0) is 25.3 Å². The summed E-state index contributed by atoms with van der Waals surface area (Å²) in [7, 11) is 0. The van der Waals surface area contributed by atoms with Crippen LogP contribution in [-0.4, -0.2) is 15.4 Å². The summed E-state index contributed by atoms with van der Waals surface area (Å²) in [6.45, 7) is 4.29. The van der Waals surface area contributed by atoms with Crippen LogP contribution in [0.25, 0.3) is 11.3 Å². The normalized spacial score (nSPS) is 10.6. The molecule has 84 valence electrons. The van der Waals surface area contributed by atoms with Crippen LogP contribution in [0.2, 0.25) is 0 Å². The van der Waals surface area contributed by atoms with Gasteiger partial charge in [0.2, 0.25) is 0 Å². The molecule has 0 saturated carbocycles. The topological polar surface area (TPSA) is 41.6 Å². The number of unbranched alkanes of at least 4 members (excludes halogenated alkanes) is 1. The van der Waals surface area contributed by atoms with Crippen molar-refractivity contribution in [3.8, 4) is 11.3 Å². The molecule has 1 aromatic heterocycles. The minimum Gasteiger partial charge on any atom is -0.197 e. The molecule has 0 aliphatic carbocycles. The van der Waals surface area contributed by atoms with Gasteiger partial charge in [-0.25, -0.2) is 0 Å². The van der Waals surface area contributed by atoms with E-state index in [4.69, 9.17) is 0 Å². The Morgan fingerprint density at radius 2 is 2.00 bits per heavy atom. The molecule has 1 N–H and O–H groups in total. The molecular formula is C13H17N3. The lowest BCUT2D eigenvalue weighted by atomic mass is 10.0. The Morgan fingerprint density at radius 1 is 1.19 bits per heavy atom. The fraction of sp³-hybridized carbons (Fsp3) is 0.385. The fourth-order valence-corrected chi connectivity index (χ4v) is 1.83. The van der Waals surface area contributed by atoms with Gasteiger partial charge in [-0.1, -0.05) is 37.6 Å². The van der Waals surface area contributed by atoms with Crippen LogP contribution in [0, 0.1) is 6.92 Å². The predicted molar refractivity (Wildman–Crippen MR) is 65.2 cm³/mol. The first-order chi connectivity index (χ1) is 7.83. The molecule has 3 nitrogen and oxygen atoms in total. The summed E-state index contributed by atoms with van der Waals surface area (Å²) in [6.07, 6.45) is 3.34. The summed E-state index contributed by atoms with van der Waals surface area (Å²) in [5.74, 6) is 0. The molecule has 2 rings (SSSR count). The highest BCUT2D eigenvalue weighted by Gasteiger charge is 2.11. The third kappa shape index (κ3) is 2.13. The minimum absolute atomic E-state index is 0.997. The molecule has 0 aliphatic heterocycles. The largest absolute Gasteiger partial charge is 0.197 e. The zero-order valence-corrected chi connectivity index (χ0v) is 9.83. The number of aryl methyl sites for hydroxylation is 2. The summed E-state index contributed by atoms with van der Waals surface area (Å²) in [5, 5.41) is 11.2. The van der Waals surface area contributed by atoms with Gasteiger partial charge in [-0.3, -0.25) is 0 Å². The summed E-state index contributed by atoms with van der Waals surface area (Å²) in [6, 6.07) is 8.29. The molecule has 0 amide bonds. The summed E-state index contributed by atoms with van der Waals surface area (Å²) in [4.78, 5) is 0. The van der Waals surface area contributed by atoms with E-state index in [0.29, 0.717) is 0 Å². The molecule has 1 heterocycles. The van der Waals surface area contributed by atoms with Gasteiger partial charge in [0, 0.05) is 5.56 Å². The van der Waals surface area contributed by atoms with Crippen molar-refractivity contribution in [3.63, 3.8) is 0 Å². The van der Waals surface area contributed by atoms with Gasteiger partial charge in [-0.2, -0.15) is 15.4 Å². The van der Waals surface area contributed by atoms with Crippen LogP contribution in [0.5, 0.6) is 0 Å². The van der Waals surface area contributed by atoms with Crippen LogP contribution in [0.1, 0.15) is 31.0 Å². The molecule has 3 heteroatoms. The lowest BCUT2D eigenvalue weighted by Gasteiger charge is -2.03. The number of hydrogen-bond donors (Lipinski definition) is 1. The van der Waals surface area contributed by atoms with E-state index in [1.165, 1.54) is 17.5 Å². The molecule has 0 aliphatic rings. The third-order valence-corrected chi connectivity index (χ3v) is 2.79. The molecule has 0 unspecified atom stereocenters. The molecule has 16 heavy (non-hydrogen) atoms. The van der Waals surface area contributed by atoms with Gasteiger partial charge in [0.05, 0.1) is 5.69 Å². The molecule has 0 radical (unpaired) electrons. The fourth-order valence-electron chi connectivity index (χ4n) is 1.83. The van der Waals surface area contributed by atoms with Crippen molar-refractivity contribution in [1.29, 1.82) is 0 Å². The van der Waals surface area contributed by atoms with Crippen molar-refractivity contribution >= 4 is 0 Å². The number of aromatic amines is 1. The molecule has 0 fully saturated rings. The van der Waals surface area contributed by atoms with Gasteiger partial charge < -0.3 is 0 Å². The summed E-state index contributed by atoms with van der Waals surface area (Å²) < 4.78 is 0. The number of nitrogens with zero attached hydrogens (tertiary/aromatic N) is 2. The first-order valence-electron chi connectivity index (χ1n) is 5.78. The molecule has 0 bridgehead atoms. The van der Waals surface area contributed by atoms with Gasteiger partial charge in [0.1, 0.15) is 5.69 Å². The second kappa shape index (κ2) is 4.92. The molecule has 1 aromatic carbocycles. The Bertz CT molecular complexity index is 460. The molecule has 0 spiro atoms. The van der Waals surface area contributed by atoms with E-state index in [9.17, 15) is 0 Å². The zero-order valence-electron chi connectivity index (χ0n) is 9.83. The monoisotopic (exact) mass is 215 g/mol. The van der Waals surface area contributed by atoms with E-state index >= 15 is 0 Å². The van der Waals surface area contributed by atoms with E-state index in [1.54, 1.807) is 0 Å². The van der Waals surface area contributed by atoms with Crippen LogP contribution in [0.4, 0.5) is 0 Å². The van der Waals surface area contributed by atoms with E-state index < -0.39 is 0 Å². The highest BCUT2D eigenvalue weighted by molar-refractivity contribution is 5.64. The van der Waals surface area contributed by atoms with Gasteiger partial charge in [0.15, 0.2) is 0 Å². The third-order valence-electron chi connectivity index (χ3n) is 2.79. The van der Waals surface area contributed by atoms with Crippen molar-refractivity contribution in [2.24, 2.45) is 0 Å². The van der Waals surface area contributed by atoms with Crippen molar-refractivity contribution < 1.29 is 0 Å². The lowest BCUT2D eigenvalue weighted by molar-refractivity contribution is 0.770. The Kier molecular flexibility index (Phi) is 3.34. The number of rotatable bonds is 4. The first-order valence-corrected chi connectivity index (χ1v) is 5.78. The molecule has 0 atom stereocenters. The SMILES string of the molecule is CCCCc1n[nH]nc1-c1ccccc1C. The second-order valence-corrected chi connectivity index (χ2v) is 4.04. The number of nitrogens with one attached hydrogen (secondary N) is 1. The van der Waals surface area contributed by atoms with E-state index in [0.717, 1.165) is 24.2 Å². The maximum Gasteiger partial charge on any atom is 0.116 e. The Balaban J connectivity index is 2.33. The quantitative estimate of drug-likeness (QED) is 0.851. The van der Waals surface area contributed by atoms with Crippen LogP contribution in [0.3, 0.4) is 0 Å². The van der Waals surface area contributed by atoms with Crippen LogP contribution < -0.4 is 0 Å². The average Bonchev–Trinajstić information content (AvgIpc) is 2.75. The molecule has 2 aromatic rings. The number of hydrogen-bond acceptors (Lipinski definition) is 2. The zero-order chi connectivity index (χ0) is 11.4. The van der Waals surface area contributed by atoms with Crippen LogP contribution in [0.15, 0.2) is 24.3 Å². The van der Waals surface area contributed by atoms with Crippen LogP contribution >= 0.6 is 0 Å². The maximum absolute atomic E-state index is 4.26. The Labute approximate surface area is 95.9 Å². The Hall–Kier alpha value is -1.64. The average molecular weight is 215 g/mol. The van der Waals surface area contributed by atoms with E-state index in [2.05, 4.69) is 41.4 Å². The van der Waals surface area contributed by atoms with Gasteiger partial charge in [-0.15, -0.1) is 0 Å². The van der Waals surface area contributed by atoms with E-state index in [-0.39, 0.29) is 0 Å². The van der Waals surface area contributed by atoms with Crippen molar-refractivity contribution in [2.75, 3.05) is 0 Å². The van der Waals surface area contributed by atoms with Crippen molar-refractivity contribution in [3.05, 3.63) is 35.5 Å². The minimum atomic E-state index is 0.997. The smallest absolute Gasteiger partial charge is 0.116 e. The van der Waals surface area contributed by atoms with E-state index in [1.807, 2.05) is 12.1 Å². The van der Waals surface area contributed by atoms with Gasteiger partial charge in [0.25, 0.3) is 0 Å². The number of H-pyrrole nitrogens is 1. The standard InChI is InChI=1S/C13H17N3/c1-3-4-9-12-13(15-16-14-12)11-8-6-5-7-10(11)2/h5-8H,3-4,9H2,1-2H3,(H,14,15,16). The number of aromatic nitrogens is 3. The Morgan fingerprint density at radius 3 is 2.75 bits per heavy atom. The highest BCUT2D eigenvalue weighted by atomic mass is 15.3. The predicted octanol–water partition coefficient (Wildman–Crippen LogP) is 3.12. The van der Waals surface area contributed by atoms with Crippen molar-refractivity contribution in [1.82, 2.24) is 15.4 Å². The van der Waals surface area contributed by atoms with Crippen molar-refractivity contribution in [2.45, 2.75) is 33.1 Å². The summed E-state index contributed by atoms with van der Waals surface area (Å²) in [5.41, 5.74) is 4.51. The first kappa shape index (κ1) is 10.9. The summed E-state index contributed by atoms with van der Waals surface area (Å²) >= 11 is 0. The van der Waals surface area contributed by atoms with Crippen LogP contribution in [-0.2, 0) is 6.42 Å². The van der Waals surface area contributed by atoms with Gasteiger partial charge >= 0.3 is 0 Å². The second-order valence-electron chi connectivity index (χ2n) is 4.04. The maximum atomic E-state index is 4.26.